The lowest BCUT2D eigenvalue weighted by atomic mass is 10.2. The van der Waals surface area contributed by atoms with Gasteiger partial charge in [0, 0.05) is 29.2 Å². The third-order valence-corrected chi connectivity index (χ3v) is 7.34. The van der Waals surface area contributed by atoms with Crippen molar-refractivity contribution in [2.45, 2.75) is 4.90 Å². The Hall–Kier alpha value is -3.62. The van der Waals surface area contributed by atoms with Crippen LogP contribution in [-0.4, -0.2) is 39.0 Å². The Morgan fingerprint density at radius 1 is 0.939 bits per heavy atom. The zero-order valence-electron chi connectivity index (χ0n) is 17.7. The Bertz CT molecular complexity index is 1460. The summed E-state index contributed by atoms with van der Waals surface area (Å²) in [4.78, 5) is 25.4. The molecule has 0 fully saturated rings. The molecular formula is C24H19ClN2O5S. The van der Waals surface area contributed by atoms with Crippen molar-refractivity contribution in [2.24, 2.45) is 0 Å². The molecule has 1 aromatic heterocycles. The molecule has 0 unspecified atom stereocenters. The van der Waals surface area contributed by atoms with Gasteiger partial charge in [-0.3, -0.25) is 13.7 Å². The maximum Gasteiger partial charge on any atom is 0.340 e. The molecule has 4 aromatic rings. The van der Waals surface area contributed by atoms with Gasteiger partial charge in [0.05, 0.1) is 28.8 Å². The molecule has 0 amide bonds. The number of aromatic nitrogens is 1. The number of hydrogen-bond donors (Lipinski definition) is 0. The van der Waals surface area contributed by atoms with E-state index in [-0.39, 0.29) is 16.4 Å². The zero-order valence-corrected chi connectivity index (χ0v) is 19.3. The number of rotatable bonds is 5. The van der Waals surface area contributed by atoms with Gasteiger partial charge < -0.3 is 4.74 Å². The molecule has 4 rings (SSSR count). The largest absolute Gasteiger partial charge is 0.465 e. The molecule has 3 aromatic carbocycles. The predicted octanol–water partition coefficient (Wildman–Crippen LogP) is 4.59. The summed E-state index contributed by atoms with van der Waals surface area (Å²) in [7, 11) is -1.08. The Morgan fingerprint density at radius 3 is 2.21 bits per heavy atom. The highest BCUT2D eigenvalue weighted by molar-refractivity contribution is 7.92. The molecule has 0 radical (unpaired) electrons. The predicted molar refractivity (Wildman–Crippen MR) is 126 cm³/mol. The first-order valence-corrected chi connectivity index (χ1v) is 11.6. The number of anilines is 1. The van der Waals surface area contributed by atoms with Crippen molar-refractivity contribution in [3.8, 4) is 0 Å². The number of esters is 1. The number of benzene rings is 3. The number of carbonyl (C=O) groups excluding carboxylic acids is 2. The fourth-order valence-electron chi connectivity index (χ4n) is 3.48. The molecule has 0 aliphatic heterocycles. The monoisotopic (exact) mass is 482 g/mol. The van der Waals surface area contributed by atoms with E-state index in [1.54, 1.807) is 36.4 Å². The topological polar surface area (TPSA) is 85.7 Å². The fraction of sp³-hybridized carbons (Fsp3) is 0.0833. The van der Waals surface area contributed by atoms with Gasteiger partial charge in [0.2, 0.25) is 0 Å². The van der Waals surface area contributed by atoms with Crippen LogP contribution in [0, 0.1) is 0 Å². The number of sulfonamides is 1. The van der Waals surface area contributed by atoms with E-state index in [4.69, 9.17) is 16.3 Å². The van der Waals surface area contributed by atoms with Crippen molar-refractivity contribution in [1.82, 2.24) is 4.57 Å². The minimum Gasteiger partial charge on any atom is -0.465 e. The highest BCUT2D eigenvalue weighted by atomic mass is 35.5. The lowest BCUT2D eigenvalue weighted by Gasteiger charge is -2.20. The van der Waals surface area contributed by atoms with Crippen LogP contribution < -0.4 is 4.31 Å². The van der Waals surface area contributed by atoms with Crippen molar-refractivity contribution < 1.29 is 22.7 Å². The average molecular weight is 483 g/mol. The summed E-state index contributed by atoms with van der Waals surface area (Å²) in [5.41, 5.74) is 1.56. The Labute approximate surface area is 195 Å². The summed E-state index contributed by atoms with van der Waals surface area (Å²) in [6.45, 7) is 0. The standard InChI is InChI=1S/C24H19ClN2O5S/c1-26(33(30,31)19-13-9-17(25)10-14-19)18-11-7-16(8-12-18)23(28)27-15-21(24(29)32-2)20-5-3-4-6-22(20)27/h3-15H,1-2H3. The molecule has 0 aliphatic rings. The molecule has 0 N–H and O–H groups in total. The van der Waals surface area contributed by atoms with Gasteiger partial charge in [0.1, 0.15) is 0 Å². The van der Waals surface area contributed by atoms with Gasteiger partial charge in [0.15, 0.2) is 0 Å². The molecule has 0 bridgehead atoms. The Morgan fingerprint density at radius 2 is 1.58 bits per heavy atom. The lowest BCUT2D eigenvalue weighted by Crippen LogP contribution is -2.26. The van der Waals surface area contributed by atoms with Crippen LogP contribution in [0.2, 0.25) is 5.02 Å². The molecule has 168 valence electrons. The molecule has 0 saturated carbocycles. The van der Waals surface area contributed by atoms with Crippen LogP contribution in [0.15, 0.2) is 83.9 Å². The van der Waals surface area contributed by atoms with Crippen molar-refractivity contribution in [3.05, 3.63) is 95.1 Å². The van der Waals surface area contributed by atoms with E-state index in [2.05, 4.69) is 0 Å². The maximum atomic E-state index is 13.2. The number of nitrogens with zero attached hydrogens (tertiary/aromatic N) is 2. The number of methoxy groups -OCH3 is 1. The van der Waals surface area contributed by atoms with E-state index in [0.717, 1.165) is 4.31 Å². The summed E-state index contributed by atoms with van der Waals surface area (Å²) in [6, 6.07) is 19.1. The smallest absolute Gasteiger partial charge is 0.340 e. The molecule has 1 heterocycles. The third kappa shape index (κ3) is 4.10. The second-order valence-electron chi connectivity index (χ2n) is 7.20. The van der Waals surface area contributed by atoms with Crippen LogP contribution in [-0.2, 0) is 14.8 Å². The fourth-order valence-corrected chi connectivity index (χ4v) is 4.80. The normalized spacial score (nSPS) is 11.4. The number of halogens is 1. The molecule has 0 saturated heterocycles. The molecule has 0 atom stereocenters. The number of para-hydroxylation sites is 1. The number of fused-ring (bicyclic) bond motifs is 1. The van der Waals surface area contributed by atoms with E-state index in [1.165, 1.54) is 61.3 Å². The van der Waals surface area contributed by atoms with Crippen LogP contribution in [0.5, 0.6) is 0 Å². The first-order chi connectivity index (χ1) is 15.7. The first-order valence-electron chi connectivity index (χ1n) is 9.81. The van der Waals surface area contributed by atoms with Gasteiger partial charge in [-0.05, 0) is 54.6 Å². The van der Waals surface area contributed by atoms with Crippen LogP contribution >= 0.6 is 11.6 Å². The minimum absolute atomic E-state index is 0.101. The van der Waals surface area contributed by atoms with Gasteiger partial charge >= 0.3 is 5.97 Å². The van der Waals surface area contributed by atoms with E-state index < -0.39 is 16.0 Å². The Balaban J connectivity index is 1.66. The minimum atomic E-state index is -3.80. The van der Waals surface area contributed by atoms with Crippen LogP contribution in [0.25, 0.3) is 10.9 Å². The van der Waals surface area contributed by atoms with Crippen LogP contribution in [0.3, 0.4) is 0 Å². The average Bonchev–Trinajstić information content (AvgIpc) is 3.23. The summed E-state index contributed by atoms with van der Waals surface area (Å²) in [5, 5.41) is 1.04. The summed E-state index contributed by atoms with van der Waals surface area (Å²) in [5.74, 6) is -0.904. The third-order valence-electron chi connectivity index (χ3n) is 5.29. The highest BCUT2D eigenvalue weighted by Gasteiger charge is 2.23. The van der Waals surface area contributed by atoms with Crippen molar-refractivity contribution >= 4 is 50.1 Å². The number of ether oxygens (including phenoxy) is 1. The number of hydrogen-bond acceptors (Lipinski definition) is 5. The van der Waals surface area contributed by atoms with E-state index in [9.17, 15) is 18.0 Å². The number of carbonyl (C=O) groups is 2. The van der Waals surface area contributed by atoms with Gasteiger partial charge in [-0.15, -0.1) is 0 Å². The van der Waals surface area contributed by atoms with Crippen molar-refractivity contribution in [1.29, 1.82) is 0 Å². The lowest BCUT2D eigenvalue weighted by molar-refractivity contribution is 0.0603. The quantitative estimate of drug-likeness (QED) is 0.388. The SMILES string of the molecule is COC(=O)c1cn(C(=O)c2ccc(N(C)S(=O)(=O)c3ccc(Cl)cc3)cc2)c2ccccc12. The molecule has 33 heavy (non-hydrogen) atoms. The molecule has 0 spiro atoms. The van der Waals surface area contributed by atoms with Gasteiger partial charge in [-0.1, -0.05) is 29.8 Å². The summed E-state index contributed by atoms with van der Waals surface area (Å²) in [6.07, 6.45) is 1.45. The zero-order chi connectivity index (χ0) is 23.8. The van der Waals surface area contributed by atoms with Gasteiger partial charge in [-0.25, -0.2) is 13.2 Å². The highest BCUT2D eigenvalue weighted by Crippen LogP contribution is 2.26. The molecule has 7 nitrogen and oxygen atoms in total. The maximum absolute atomic E-state index is 13.2. The molecular weight excluding hydrogens is 464 g/mol. The first kappa shape index (κ1) is 22.6. The Kier molecular flexibility index (Phi) is 5.97. The summed E-state index contributed by atoms with van der Waals surface area (Å²) < 4.78 is 33.1. The van der Waals surface area contributed by atoms with Crippen LogP contribution in [0.1, 0.15) is 20.7 Å². The van der Waals surface area contributed by atoms with Crippen molar-refractivity contribution in [3.63, 3.8) is 0 Å². The van der Waals surface area contributed by atoms with Crippen molar-refractivity contribution in [2.75, 3.05) is 18.5 Å². The second-order valence-corrected chi connectivity index (χ2v) is 9.61. The van der Waals surface area contributed by atoms with Gasteiger partial charge in [-0.2, -0.15) is 0 Å². The van der Waals surface area contributed by atoms with E-state index in [0.29, 0.717) is 27.2 Å². The molecule has 9 heteroatoms. The summed E-state index contributed by atoms with van der Waals surface area (Å²) >= 11 is 5.85. The van der Waals surface area contributed by atoms with Crippen LogP contribution in [0.4, 0.5) is 5.69 Å². The van der Waals surface area contributed by atoms with E-state index >= 15 is 0 Å². The van der Waals surface area contributed by atoms with E-state index in [1.807, 2.05) is 0 Å². The second kappa shape index (κ2) is 8.73. The van der Waals surface area contributed by atoms with Gasteiger partial charge in [0.25, 0.3) is 15.9 Å². The molecule has 0 aliphatic carbocycles.